The van der Waals surface area contributed by atoms with Crippen LogP contribution in [0.2, 0.25) is 5.02 Å². The van der Waals surface area contributed by atoms with E-state index in [0.29, 0.717) is 16.8 Å². The largest absolute Gasteiger partial charge is 0.378 e. The van der Waals surface area contributed by atoms with E-state index in [1.165, 1.54) is 0 Å². The zero-order chi connectivity index (χ0) is 15.2. The lowest BCUT2D eigenvalue weighted by Gasteiger charge is -2.14. The molecule has 0 unspecified atom stereocenters. The second-order valence-corrected chi connectivity index (χ2v) is 5.29. The SMILES string of the molecule is CCCNc1ncc(Cl)c(Nc2ccc(N(C)C)cc2)n1. The van der Waals surface area contributed by atoms with Crippen LogP contribution in [0.15, 0.2) is 30.5 Å². The van der Waals surface area contributed by atoms with Crippen LogP contribution in [0, 0.1) is 0 Å². The Labute approximate surface area is 130 Å². The lowest BCUT2D eigenvalue weighted by atomic mass is 10.2. The molecule has 0 atom stereocenters. The molecule has 0 fully saturated rings. The molecule has 2 aromatic rings. The number of hydrogen-bond donors (Lipinski definition) is 2. The van der Waals surface area contributed by atoms with E-state index in [1.807, 2.05) is 43.3 Å². The normalized spacial score (nSPS) is 10.3. The summed E-state index contributed by atoms with van der Waals surface area (Å²) in [5.74, 6) is 1.18. The molecule has 6 heteroatoms. The van der Waals surface area contributed by atoms with Crippen molar-refractivity contribution >= 4 is 34.7 Å². The molecule has 1 heterocycles. The fourth-order valence-electron chi connectivity index (χ4n) is 1.76. The van der Waals surface area contributed by atoms with Crippen LogP contribution in [0.1, 0.15) is 13.3 Å². The molecule has 21 heavy (non-hydrogen) atoms. The minimum atomic E-state index is 0.494. The van der Waals surface area contributed by atoms with Gasteiger partial charge in [0.2, 0.25) is 5.95 Å². The van der Waals surface area contributed by atoms with Gasteiger partial charge < -0.3 is 15.5 Å². The molecule has 0 saturated heterocycles. The van der Waals surface area contributed by atoms with Gasteiger partial charge in [-0.3, -0.25) is 0 Å². The van der Waals surface area contributed by atoms with Crippen LogP contribution in [0.3, 0.4) is 0 Å². The highest BCUT2D eigenvalue weighted by Crippen LogP contribution is 2.25. The zero-order valence-corrected chi connectivity index (χ0v) is 13.3. The molecule has 2 N–H and O–H groups in total. The summed E-state index contributed by atoms with van der Waals surface area (Å²) in [5, 5.41) is 6.85. The highest BCUT2D eigenvalue weighted by Gasteiger charge is 2.06. The van der Waals surface area contributed by atoms with E-state index >= 15 is 0 Å². The maximum absolute atomic E-state index is 6.14. The summed E-state index contributed by atoms with van der Waals surface area (Å²) in [4.78, 5) is 10.6. The highest BCUT2D eigenvalue weighted by molar-refractivity contribution is 6.32. The summed E-state index contributed by atoms with van der Waals surface area (Å²) >= 11 is 6.14. The van der Waals surface area contributed by atoms with Gasteiger partial charge in [-0.1, -0.05) is 18.5 Å². The fraction of sp³-hybridized carbons (Fsp3) is 0.333. The summed E-state index contributed by atoms with van der Waals surface area (Å²) in [6, 6.07) is 8.06. The first-order valence-corrected chi connectivity index (χ1v) is 7.28. The van der Waals surface area contributed by atoms with Crippen molar-refractivity contribution in [3.8, 4) is 0 Å². The Morgan fingerprint density at radius 2 is 1.90 bits per heavy atom. The van der Waals surface area contributed by atoms with Crippen LogP contribution in [-0.2, 0) is 0 Å². The number of rotatable bonds is 6. The standard InChI is InChI=1S/C15H20ClN5/c1-4-9-17-15-18-10-13(16)14(20-15)19-11-5-7-12(8-6-11)21(2)3/h5-8,10H,4,9H2,1-3H3,(H2,17,18,19,20). The Hall–Kier alpha value is -2.01. The molecular formula is C15H20ClN5. The van der Waals surface area contributed by atoms with Crippen LogP contribution < -0.4 is 15.5 Å². The Kier molecular flexibility index (Phi) is 5.22. The molecule has 0 aliphatic carbocycles. The van der Waals surface area contributed by atoms with Crippen molar-refractivity contribution in [1.82, 2.24) is 9.97 Å². The number of halogens is 1. The van der Waals surface area contributed by atoms with Crippen molar-refractivity contribution in [3.05, 3.63) is 35.5 Å². The monoisotopic (exact) mass is 305 g/mol. The zero-order valence-electron chi connectivity index (χ0n) is 12.5. The van der Waals surface area contributed by atoms with E-state index in [2.05, 4.69) is 27.5 Å². The first kappa shape index (κ1) is 15.4. The van der Waals surface area contributed by atoms with E-state index in [4.69, 9.17) is 11.6 Å². The molecule has 112 valence electrons. The average Bonchev–Trinajstić information content (AvgIpc) is 2.48. The first-order chi connectivity index (χ1) is 10.1. The second-order valence-electron chi connectivity index (χ2n) is 4.88. The van der Waals surface area contributed by atoms with Gasteiger partial charge in [-0.05, 0) is 30.7 Å². The Balaban J connectivity index is 2.14. The Morgan fingerprint density at radius 3 is 2.52 bits per heavy atom. The van der Waals surface area contributed by atoms with Crippen molar-refractivity contribution in [2.75, 3.05) is 36.2 Å². The summed E-state index contributed by atoms with van der Waals surface area (Å²) < 4.78 is 0. The van der Waals surface area contributed by atoms with E-state index in [1.54, 1.807) is 6.20 Å². The van der Waals surface area contributed by atoms with Gasteiger partial charge in [0, 0.05) is 32.0 Å². The maximum Gasteiger partial charge on any atom is 0.224 e. The minimum absolute atomic E-state index is 0.494. The molecule has 1 aromatic heterocycles. The predicted octanol–water partition coefficient (Wildman–Crippen LogP) is 3.76. The number of nitrogens with one attached hydrogen (secondary N) is 2. The third kappa shape index (κ3) is 4.23. The average molecular weight is 306 g/mol. The lowest BCUT2D eigenvalue weighted by molar-refractivity contribution is 0.953. The van der Waals surface area contributed by atoms with Gasteiger partial charge in [0.05, 0.1) is 6.20 Å². The number of aromatic nitrogens is 2. The van der Waals surface area contributed by atoms with Crippen LogP contribution >= 0.6 is 11.6 Å². The molecule has 0 aliphatic heterocycles. The number of nitrogens with zero attached hydrogens (tertiary/aromatic N) is 3. The van der Waals surface area contributed by atoms with Crippen molar-refractivity contribution in [1.29, 1.82) is 0 Å². The molecular weight excluding hydrogens is 286 g/mol. The topological polar surface area (TPSA) is 53.1 Å². The minimum Gasteiger partial charge on any atom is -0.378 e. The molecule has 0 saturated carbocycles. The highest BCUT2D eigenvalue weighted by atomic mass is 35.5. The number of benzene rings is 1. The van der Waals surface area contributed by atoms with Crippen LogP contribution in [0.25, 0.3) is 0 Å². The molecule has 5 nitrogen and oxygen atoms in total. The molecule has 1 aromatic carbocycles. The van der Waals surface area contributed by atoms with Crippen LogP contribution in [0.4, 0.5) is 23.1 Å². The third-order valence-electron chi connectivity index (χ3n) is 2.92. The molecule has 0 spiro atoms. The Bertz CT molecular complexity index is 583. The van der Waals surface area contributed by atoms with E-state index in [-0.39, 0.29) is 0 Å². The van der Waals surface area contributed by atoms with Gasteiger partial charge >= 0.3 is 0 Å². The number of anilines is 4. The molecule has 0 bridgehead atoms. The van der Waals surface area contributed by atoms with E-state index in [0.717, 1.165) is 24.3 Å². The molecule has 0 aliphatic rings. The van der Waals surface area contributed by atoms with Gasteiger partial charge in [-0.2, -0.15) is 4.98 Å². The summed E-state index contributed by atoms with van der Waals surface area (Å²) in [6.45, 7) is 2.92. The van der Waals surface area contributed by atoms with Crippen molar-refractivity contribution in [2.24, 2.45) is 0 Å². The Morgan fingerprint density at radius 1 is 1.19 bits per heavy atom. The summed E-state index contributed by atoms with van der Waals surface area (Å²) in [7, 11) is 4.02. The van der Waals surface area contributed by atoms with Gasteiger partial charge in [0.15, 0.2) is 5.82 Å². The van der Waals surface area contributed by atoms with E-state index < -0.39 is 0 Å². The predicted molar refractivity (Wildman–Crippen MR) is 89.9 cm³/mol. The number of hydrogen-bond acceptors (Lipinski definition) is 5. The van der Waals surface area contributed by atoms with Crippen molar-refractivity contribution in [3.63, 3.8) is 0 Å². The first-order valence-electron chi connectivity index (χ1n) is 6.91. The van der Waals surface area contributed by atoms with Gasteiger partial charge in [-0.25, -0.2) is 4.98 Å². The lowest BCUT2D eigenvalue weighted by Crippen LogP contribution is -2.08. The molecule has 2 rings (SSSR count). The third-order valence-corrected chi connectivity index (χ3v) is 3.20. The summed E-state index contributed by atoms with van der Waals surface area (Å²) in [6.07, 6.45) is 2.61. The van der Waals surface area contributed by atoms with Crippen molar-refractivity contribution in [2.45, 2.75) is 13.3 Å². The second kappa shape index (κ2) is 7.13. The van der Waals surface area contributed by atoms with Crippen LogP contribution in [-0.4, -0.2) is 30.6 Å². The maximum atomic E-state index is 6.14. The van der Waals surface area contributed by atoms with Crippen molar-refractivity contribution < 1.29 is 0 Å². The quantitative estimate of drug-likeness (QED) is 0.851. The summed E-state index contributed by atoms with van der Waals surface area (Å²) in [5.41, 5.74) is 2.07. The smallest absolute Gasteiger partial charge is 0.224 e. The van der Waals surface area contributed by atoms with E-state index in [9.17, 15) is 0 Å². The molecule has 0 amide bonds. The van der Waals surface area contributed by atoms with Gasteiger partial charge in [-0.15, -0.1) is 0 Å². The van der Waals surface area contributed by atoms with Gasteiger partial charge in [0.1, 0.15) is 5.02 Å². The van der Waals surface area contributed by atoms with Crippen LogP contribution in [0.5, 0.6) is 0 Å². The van der Waals surface area contributed by atoms with Gasteiger partial charge in [0.25, 0.3) is 0 Å². The fourth-order valence-corrected chi connectivity index (χ4v) is 1.89. The molecule has 0 radical (unpaired) electrons.